The normalized spacial score (nSPS) is 19.8. The Bertz CT molecular complexity index is 1190. The molecule has 2 heterocycles. The number of aryl methyl sites for hydroxylation is 1. The molecule has 2 saturated heterocycles. The Labute approximate surface area is 225 Å². The number of carbonyl (C=O) groups is 3. The van der Waals surface area contributed by atoms with Crippen LogP contribution in [0.1, 0.15) is 47.9 Å². The molecule has 2 N–H and O–H groups in total. The Morgan fingerprint density at radius 1 is 1.08 bits per heavy atom. The number of alkyl halides is 3. The van der Waals surface area contributed by atoms with Gasteiger partial charge < -0.3 is 20.3 Å². The zero-order chi connectivity index (χ0) is 28.2. The van der Waals surface area contributed by atoms with Crippen LogP contribution in [0.3, 0.4) is 0 Å². The third-order valence-corrected chi connectivity index (χ3v) is 7.06. The number of fused-ring (bicyclic) bond motifs is 1. The van der Waals surface area contributed by atoms with Crippen LogP contribution in [0.15, 0.2) is 48.5 Å². The van der Waals surface area contributed by atoms with Gasteiger partial charge in [-0.25, -0.2) is 4.79 Å². The maximum Gasteiger partial charge on any atom is 0.416 e. The number of piperazine rings is 1. The highest BCUT2D eigenvalue weighted by Gasteiger charge is 2.48. The summed E-state index contributed by atoms with van der Waals surface area (Å²) in [4.78, 5) is 44.4. The molecule has 2 fully saturated rings. The van der Waals surface area contributed by atoms with E-state index < -0.39 is 30.0 Å². The minimum atomic E-state index is -4.52. The molecule has 2 aromatic rings. The summed E-state index contributed by atoms with van der Waals surface area (Å²) in [6.07, 6.45) is -4.24. The van der Waals surface area contributed by atoms with E-state index in [0.717, 1.165) is 17.7 Å². The summed E-state index contributed by atoms with van der Waals surface area (Å²) in [5, 5.41) is 0. The van der Waals surface area contributed by atoms with Crippen LogP contribution in [-0.2, 0) is 33.7 Å². The van der Waals surface area contributed by atoms with Gasteiger partial charge in [0.05, 0.1) is 12.1 Å². The molecule has 2 aliphatic rings. The van der Waals surface area contributed by atoms with E-state index in [1.807, 2.05) is 30.3 Å². The molecule has 0 aliphatic carbocycles. The number of nitrogens with zero attached hydrogens (tertiary/aromatic N) is 3. The molecule has 4 rings (SSSR count). The molecule has 2 atom stereocenters. The number of nitrogens with two attached hydrogens (primary N) is 1. The van der Waals surface area contributed by atoms with Crippen LogP contribution in [0.25, 0.3) is 0 Å². The number of hydrogen-bond acceptors (Lipinski definition) is 5. The first-order valence-corrected chi connectivity index (χ1v) is 13.0. The first kappa shape index (κ1) is 28.4. The number of benzene rings is 2. The molecule has 2 aliphatic heterocycles. The zero-order valence-corrected chi connectivity index (χ0v) is 21.8. The van der Waals surface area contributed by atoms with Crippen molar-refractivity contribution < 1.29 is 32.3 Å². The molecule has 11 heteroatoms. The largest absolute Gasteiger partial charge is 0.444 e. The van der Waals surface area contributed by atoms with Crippen LogP contribution in [-0.4, -0.2) is 64.4 Å². The lowest BCUT2D eigenvalue weighted by Gasteiger charge is -2.52. The third kappa shape index (κ3) is 6.70. The van der Waals surface area contributed by atoms with Gasteiger partial charge in [0.25, 0.3) is 0 Å². The van der Waals surface area contributed by atoms with Gasteiger partial charge in [0.15, 0.2) is 0 Å². The predicted octanol–water partition coefficient (Wildman–Crippen LogP) is 4.05. The van der Waals surface area contributed by atoms with Crippen molar-refractivity contribution in [3.8, 4) is 0 Å². The molecule has 0 spiro atoms. The monoisotopic (exact) mass is 546 g/mol. The molecule has 39 heavy (non-hydrogen) atoms. The number of unbranched alkanes of at least 4 members (excludes halogenated alkanes) is 1. The summed E-state index contributed by atoms with van der Waals surface area (Å²) in [6.45, 7) is 2.15. The van der Waals surface area contributed by atoms with Gasteiger partial charge in [0, 0.05) is 19.5 Å². The summed E-state index contributed by atoms with van der Waals surface area (Å²) in [7, 11) is 0. The van der Waals surface area contributed by atoms with E-state index in [0.29, 0.717) is 37.9 Å². The SMILES string of the molecule is Cc1cc(COC(=O)N2CCC(=O)N3[C@@H]2CN(Cc2ccccc2)C(=O)[C@@H]3CCCCN)cc(C(F)(F)F)c1. The molecular formula is C28H33F3N4O4. The fourth-order valence-corrected chi connectivity index (χ4v) is 5.24. The maximum atomic E-state index is 13.5. The van der Waals surface area contributed by atoms with Crippen LogP contribution in [0.5, 0.6) is 0 Å². The van der Waals surface area contributed by atoms with E-state index in [2.05, 4.69) is 0 Å². The number of amides is 3. The lowest BCUT2D eigenvalue weighted by atomic mass is 9.98. The lowest BCUT2D eigenvalue weighted by molar-refractivity contribution is -0.169. The summed E-state index contributed by atoms with van der Waals surface area (Å²) < 4.78 is 45.2. The predicted molar refractivity (Wildman–Crippen MR) is 137 cm³/mol. The van der Waals surface area contributed by atoms with E-state index in [9.17, 15) is 27.6 Å². The van der Waals surface area contributed by atoms with Gasteiger partial charge in [-0.3, -0.25) is 14.5 Å². The van der Waals surface area contributed by atoms with E-state index in [1.54, 1.807) is 11.8 Å². The van der Waals surface area contributed by atoms with Crippen LogP contribution < -0.4 is 5.73 Å². The Morgan fingerprint density at radius 3 is 2.51 bits per heavy atom. The highest BCUT2D eigenvalue weighted by atomic mass is 19.4. The molecule has 0 bridgehead atoms. The maximum absolute atomic E-state index is 13.5. The van der Waals surface area contributed by atoms with E-state index in [4.69, 9.17) is 10.5 Å². The van der Waals surface area contributed by atoms with Crippen molar-refractivity contribution in [3.63, 3.8) is 0 Å². The highest BCUT2D eigenvalue weighted by Crippen LogP contribution is 2.32. The van der Waals surface area contributed by atoms with Crippen molar-refractivity contribution in [1.82, 2.24) is 14.7 Å². The molecular weight excluding hydrogens is 513 g/mol. The number of halogens is 3. The number of rotatable bonds is 8. The van der Waals surface area contributed by atoms with Gasteiger partial charge in [0.2, 0.25) is 11.8 Å². The molecule has 0 aromatic heterocycles. The fourth-order valence-electron chi connectivity index (χ4n) is 5.24. The Morgan fingerprint density at radius 2 is 1.82 bits per heavy atom. The second-order valence-electron chi connectivity index (χ2n) is 9.99. The first-order valence-electron chi connectivity index (χ1n) is 13.0. The molecule has 8 nitrogen and oxygen atoms in total. The van der Waals surface area contributed by atoms with Crippen LogP contribution in [0.2, 0.25) is 0 Å². The van der Waals surface area contributed by atoms with Crippen molar-refractivity contribution in [1.29, 1.82) is 0 Å². The first-order chi connectivity index (χ1) is 18.6. The van der Waals surface area contributed by atoms with Gasteiger partial charge in [0.1, 0.15) is 18.8 Å². The topological polar surface area (TPSA) is 96.2 Å². The van der Waals surface area contributed by atoms with Gasteiger partial charge >= 0.3 is 12.3 Å². The van der Waals surface area contributed by atoms with Gasteiger partial charge in [-0.05, 0) is 56.0 Å². The molecule has 3 amide bonds. The molecule has 210 valence electrons. The van der Waals surface area contributed by atoms with E-state index in [-0.39, 0.29) is 43.5 Å². The van der Waals surface area contributed by atoms with Crippen molar-refractivity contribution in [3.05, 3.63) is 70.8 Å². The summed E-state index contributed by atoms with van der Waals surface area (Å²) >= 11 is 0. The Hall–Kier alpha value is -3.60. The summed E-state index contributed by atoms with van der Waals surface area (Å²) in [5.74, 6) is -0.404. The lowest BCUT2D eigenvalue weighted by Crippen LogP contribution is -2.71. The van der Waals surface area contributed by atoms with Crippen molar-refractivity contribution in [2.45, 2.75) is 64.1 Å². The van der Waals surface area contributed by atoms with E-state index in [1.165, 1.54) is 15.9 Å². The van der Waals surface area contributed by atoms with E-state index >= 15 is 0 Å². The minimum absolute atomic E-state index is 0.0214. The zero-order valence-electron chi connectivity index (χ0n) is 21.8. The number of carbonyl (C=O) groups excluding carboxylic acids is 3. The minimum Gasteiger partial charge on any atom is -0.444 e. The van der Waals surface area contributed by atoms with Crippen LogP contribution in [0.4, 0.5) is 18.0 Å². The quantitative estimate of drug-likeness (QED) is 0.504. The molecule has 2 aromatic carbocycles. The van der Waals surface area contributed by atoms with Crippen LogP contribution >= 0.6 is 0 Å². The Kier molecular flexibility index (Phi) is 8.79. The smallest absolute Gasteiger partial charge is 0.416 e. The molecule has 0 radical (unpaired) electrons. The number of ether oxygens (including phenoxy) is 1. The average molecular weight is 547 g/mol. The summed E-state index contributed by atoms with van der Waals surface area (Å²) in [6, 6.07) is 12.2. The fraction of sp³-hybridized carbons (Fsp3) is 0.464. The van der Waals surface area contributed by atoms with Gasteiger partial charge in [-0.2, -0.15) is 13.2 Å². The average Bonchev–Trinajstić information content (AvgIpc) is 2.89. The molecule has 0 unspecified atom stereocenters. The standard InChI is InChI=1S/C28H33F3N4O4/c1-19-13-21(15-22(14-19)28(29,30)31)18-39-27(38)34-12-10-25(36)35-23(9-5-6-11-32)26(37)33(17-24(34)35)16-20-7-3-2-4-8-20/h2-4,7-8,13-15,23-24H,5-6,9-12,16-18,32H2,1H3/t23-,24+/m0/s1. The van der Waals surface area contributed by atoms with Crippen molar-refractivity contribution >= 4 is 17.9 Å². The summed E-state index contributed by atoms with van der Waals surface area (Å²) in [5.41, 5.74) is 6.35. The van der Waals surface area contributed by atoms with Crippen molar-refractivity contribution in [2.75, 3.05) is 19.6 Å². The van der Waals surface area contributed by atoms with Crippen LogP contribution in [0, 0.1) is 6.92 Å². The van der Waals surface area contributed by atoms with Crippen molar-refractivity contribution in [2.24, 2.45) is 5.73 Å². The molecule has 0 saturated carbocycles. The number of hydrogen-bond donors (Lipinski definition) is 1. The second kappa shape index (κ2) is 12.1. The van der Waals surface area contributed by atoms with Gasteiger partial charge in [-0.1, -0.05) is 42.0 Å². The second-order valence-corrected chi connectivity index (χ2v) is 9.99. The Balaban J connectivity index is 1.55. The highest BCUT2D eigenvalue weighted by molar-refractivity contribution is 5.90. The van der Waals surface area contributed by atoms with Gasteiger partial charge in [-0.15, -0.1) is 0 Å². The third-order valence-electron chi connectivity index (χ3n) is 7.06.